The van der Waals surface area contributed by atoms with Crippen LogP contribution >= 0.6 is 27.5 Å². The van der Waals surface area contributed by atoms with Crippen molar-refractivity contribution in [2.24, 2.45) is 0 Å². The fourth-order valence-corrected chi connectivity index (χ4v) is 1.17. The van der Waals surface area contributed by atoms with Gasteiger partial charge in [0, 0.05) is 11.0 Å². The highest BCUT2D eigenvalue weighted by atomic mass is 79.9. The van der Waals surface area contributed by atoms with Crippen molar-refractivity contribution in [1.82, 2.24) is 9.97 Å². The minimum absolute atomic E-state index is 0.0700. The van der Waals surface area contributed by atoms with E-state index in [9.17, 15) is 10.1 Å². The Morgan fingerprint density at radius 1 is 1.73 bits per heavy atom. The molecule has 0 aliphatic heterocycles. The third kappa shape index (κ3) is 3.14. The summed E-state index contributed by atoms with van der Waals surface area (Å²) in [6.45, 7) is 3.89. The molecule has 0 atom stereocenters. The van der Waals surface area contributed by atoms with Gasteiger partial charge in [0.1, 0.15) is 6.33 Å². The van der Waals surface area contributed by atoms with Crippen LogP contribution in [0.5, 0.6) is 0 Å². The summed E-state index contributed by atoms with van der Waals surface area (Å²) in [5.41, 5.74) is -0.340. The Kier molecular flexibility index (Phi) is 3.98. The van der Waals surface area contributed by atoms with Crippen LogP contribution in [0.15, 0.2) is 17.4 Å². The molecule has 1 rings (SSSR count). The van der Waals surface area contributed by atoms with Crippen molar-refractivity contribution in [3.8, 4) is 0 Å². The second kappa shape index (κ2) is 5.04. The monoisotopic (exact) mass is 292 g/mol. The first-order chi connectivity index (χ1) is 7.02. The molecule has 0 aromatic carbocycles. The van der Waals surface area contributed by atoms with Gasteiger partial charge in [-0.25, -0.2) is 9.97 Å². The highest BCUT2D eigenvalue weighted by molar-refractivity contribution is 9.11. The third-order valence-corrected chi connectivity index (χ3v) is 1.96. The molecular formula is C7H6BrClN4O2. The van der Waals surface area contributed by atoms with Crippen LogP contribution in [0.25, 0.3) is 0 Å². The molecule has 0 aliphatic rings. The van der Waals surface area contributed by atoms with Gasteiger partial charge in [-0.15, -0.1) is 0 Å². The molecule has 0 bridgehead atoms. The Morgan fingerprint density at radius 2 is 2.40 bits per heavy atom. The highest BCUT2D eigenvalue weighted by Gasteiger charge is 2.20. The summed E-state index contributed by atoms with van der Waals surface area (Å²) in [5, 5.41) is 13.2. The van der Waals surface area contributed by atoms with Gasteiger partial charge < -0.3 is 5.32 Å². The number of rotatable bonds is 4. The molecule has 1 N–H and O–H groups in total. The number of hydrogen-bond donors (Lipinski definition) is 1. The van der Waals surface area contributed by atoms with E-state index < -0.39 is 4.92 Å². The second-order valence-corrected chi connectivity index (χ2v) is 3.97. The van der Waals surface area contributed by atoms with Crippen molar-refractivity contribution < 1.29 is 4.92 Å². The first-order valence-corrected chi connectivity index (χ1v) is 4.91. The lowest BCUT2D eigenvalue weighted by Gasteiger charge is -2.04. The molecule has 1 heterocycles. The molecule has 6 nitrogen and oxygen atoms in total. The van der Waals surface area contributed by atoms with E-state index in [0.29, 0.717) is 11.0 Å². The van der Waals surface area contributed by atoms with Crippen molar-refractivity contribution in [1.29, 1.82) is 0 Å². The van der Waals surface area contributed by atoms with Gasteiger partial charge in [0.2, 0.25) is 11.0 Å². The van der Waals surface area contributed by atoms with Crippen molar-refractivity contribution in [3.63, 3.8) is 0 Å². The minimum atomic E-state index is -0.637. The maximum absolute atomic E-state index is 10.7. The molecular weight excluding hydrogens is 287 g/mol. The predicted molar refractivity (Wildman–Crippen MR) is 60.3 cm³/mol. The molecule has 80 valence electrons. The molecule has 0 fully saturated rings. The lowest BCUT2D eigenvalue weighted by Crippen LogP contribution is -2.06. The topological polar surface area (TPSA) is 81.0 Å². The van der Waals surface area contributed by atoms with Gasteiger partial charge in [-0.2, -0.15) is 0 Å². The van der Waals surface area contributed by atoms with E-state index in [4.69, 9.17) is 11.6 Å². The summed E-state index contributed by atoms with van der Waals surface area (Å²) in [6.07, 6.45) is 1.15. The van der Waals surface area contributed by atoms with Crippen molar-refractivity contribution in [3.05, 3.63) is 32.7 Å². The highest BCUT2D eigenvalue weighted by Crippen LogP contribution is 2.28. The van der Waals surface area contributed by atoms with E-state index in [0.717, 1.165) is 6.33 Å². The molecule has 0 saturated carbocycles. The van der Waals surface area contributed by atoms with E-state index in [1.54, 1.807) is 0 Å². The predicted octanol–water partition coefficient (Wildman–Crippen LogP) is 2.36. The van der Waals surface area contributed by atoms with Gasteiger partial charge in [-0.05, 0) is 0 Å². The number of anilines is 1. The van der Waals surface area contributed by atoms with Crippen LogP contribution in [0.2, 0.25) is 5.15 Å². The van der Waals surface area contributed by atoms with Crippen LogP contribution in [0, 0.1) is 10.1 Å². The van der Waals surface area contributed by atoms with Crippen LogP contribution in [-0.4, -0.2) is 21.4 Å². The lowest BCUT2D eigenvalue weighted by atomic mass is 10.4. The standard InChI is InChI=1S/C7H6BrClN4O2/c1-4(8)2-10-7-5(13(14)15)6(9)11-3-12-7/h3H,1-2H2,(H,10,11,12). The first kappa shape index (κ1) is 11.9. The Bertz CT molecular complexity index is 412. The number of halogens is 2. The van der Waals surface area contributed by atoms with E-state index >= 15 is 0 Å². The van der Waals surface area contributed by atoms with Gasteiger partial charge in [0.25, 0.3) is 0 Å². The minimum Gasteiger partial charge on any atom is -0.360 e. The molecule has 0 amide bonds. The zero-order chi connectivity index (χ0) is 11.4. The van der Waals surface area contributed by atoms with Crippen LogP contribution in [0.1, 0.15) is 0 Å². The van der Waals surface area contributed by atoms with Crippen molar-refractivity contribution >= 4 is 39.0 Å². The summed E-state index contributed by atoms with van der Waals surface area (Å²) in [7, 11) is 0. The number of nitrogens with zero attached hydrogens (tertiary/aromatic N) is 3. The van der Waals surface area contributed by atoms with Crippen molar-refractivity contribution in [2.45, 2.75) is 0 Å². The zero-order valence-corrected chi connectivity index (χ0v) is 9.75. The smallest absolute Gasteiger partial charge is 0.348 e. The molecule has 0 saturated heterocycles. The normalized spacial score (nSPS) is 9.73. The molecule has 0 radical (unpaired) electrons. The molecule has 1 aromatic rings. The van der Waals surface area contributed by atoms with E-state index in [-0.39, 0.29) is 16.7 Å². The molecule has 0 spiro atoms. The average molecular weight is 294 g/mol. The number of aromatic nitrogens is 2. The largest absolute Gasteiger partial charge is 0.360 e. The maximum Gasteiger partial charge on any atom is 0.348 e. The summed E-state index contributed by atoms with van der Waals surface area (Å²) in [4.78, 5) is 17.3. The summed E-state index contributed by atoms with van der Waals surface area (Å²) < 4.78 is 0.645. The van der Waals surface area contributed by atoms with Crippen LogP contribution in [0.3, 0.4) is 0 Å². The fourth-order valence-electron chi connectivity index (χ4n) is 0.828. The van der Waals surface area contributed by atoms with Gasteiger partial charge in [0.05, 0.1) is 4.92 Å². The Labute approximate surface area is 98.6 Å². The molecule has 1 aromatic heterocycles. The van der Waals surface area contributed by atoms with Crippen LogP contribution in [-0.2, 0) is 0 Å². The summed E-state index contributed by atoms with van der Waals surface area (Å²) in [5.74, 6) is 0.0700. The van der Waals surface area contributed by atoms with Crippen LogP contribution in [0.4, 0.5) is 11.5 Å². The Balaban J connectivity index is 3.01. The molecule has 0 aliphatic carbocycles. The Morgan fingerprint density at radius 3 is 2.93 bits per heavy atom. The molecule has 0 unspecified atom stereocenters. The van der Waals surface area contributed by atoms with E-state index in [2.05, 4.69) is 37.8 Å². The third-order valence-electron chi connectivity index (χ3n) is 1.41. The SMILES string of the molecule is C=C(Br)CNc1ncnc(Cl)c1[N+](=O)[O-]. The summed E-state index contributed by atoms with van der Waals surface area (Å²) in [6, 6.07) is 0. The van der Waals surface area contributed by atoms with Gasteiger partial charge in [-0.1, -0.05) is 34.1 Å². The van der Waals surface area contributed by atoms with Crippen LogP contribution < -0.4 is 5.32 Å². The number of hydrogen-bond acceptors (Lipinski definition) is 5. The van der Waals surface area contributed by atoms with Gasteiger partial charge >= 0.3 is 5.69 Å². The van der Waals surface area contributed by atoms with Gasteiger partial charge in [0.15, 0.2) is 0 Å². The first-order valence-electron chi connectivity index (χ1n) is 3.74. The fraction of sp³-hybridized carbons (Fsp3) is 0.143. The van der Waals surface area contributed by atoms with Crippen molar-refractivity contribution in [2.75, 3.05) is 11.9 Å². The lowest BCUT2D eigenvalue weighted by molar-refractivity contribution is -0.384. The van der Waals surface area contributed by atoms with E-state index in [1.165, 1.54) is 0 Å². The number of nitro groups is 1. The molecule has 15 heavy (non-hydrogen) atoms. The van der Waals surface area contributed by atoms with E-state index in [1.807, 2.05) is 0 Å². The average Bonchev–Trinajstić information content (AvgIpc) is 2.13. The Hall–Kier alpha value is -1.21. The second-order valence-electron chi connectivity index (χ2n) is 2.49. The molecule has 8 heteroatoms. The quantitative estimate of drug-likeness (QED) is 0.523. The van der Waals surface area contributed by atoms with Gasteiger partial charge in [-0.3, -0.25) is 10.1 Å². The zero-order valence-electron chi connectivity index (χ0n) is 7.41. The number of nitrogens with one attached hydrogen (secondary N) is 1. The summed E-state index contributed by atoms with van der Waals surface area (Å²) >= 11 is 8.68. The maximum atomic E-state index is 10.7.